The first-order valence-corrected chi connectivity index (χ1v) is 6.55. The van der Waals surface area contributed by atoms with Crippen LogP contribution in [0.25, 0.3) is 11.4 Å². The third-order valence-corrected chi connectivity index (χ3v) is 3.44. The zero-order valence-corrected chi connectivity index (χ0v) is 10.9. The second-order valence-electron chi connectivity index (χ2n) is 4.73. The Labute approximate surface area is 112 Å². The van der Waals surface area contributed by atoms with Crippen molar-refractivity contribution in [1.29, 1.82) is 0 Å². The van der Waals surface area contributed by atoms with Gasteiger partial charge < -0.3 is 14.6 Å². The number of aromatic nitrogens is 2. The zero-order chi connectivity index (χ0) is 13.1. The highest BCUT2D eigenvalue weighted by molar-refractivity contribution is 5.55. The van der Waals surface area contributed by atoms with E-state index in [0.29, 0.717) is 11.7 Å². The van der Waals surface area contributed by atoms with E-state index in [1.807, 2.05) is 24.3 Å². The van der Waals surface area contributed by atoms with Crippen molar-refractivity contribution in [3.8, 4) is 17.1 Å². The first-order valence-electron chi connectivity index (χ1n) is 6.55. The molecule has 5 heteroatoms. The quantitative estimate of drug-likeness (QED) is 0.915. The molecule has 0 bridgehead atoms. The minimum absolute atomic E-state index is 0.341. The molecule has 1 atom stereocenters. The van der Waals surface area contributed by atoms with Crippen LogP contribution in [0.2, 0.25) is 0 Å². The van der Waals surface area contributed by atoms with Gasteiger partial charge in [0.2, 0.25) is 11.7 Å². The maximum absolute atomic E-state index is 5.38. The van der Waals surface area contributed by atoms with Crippen LogP contribution in [-0.4, -0.2) is 30.3 Å². The number of rotatable bonds is 3. The van der Waals surface area contributed by atoms with E-state index in [2.05, 4.69) is 15.5 Å². The standard InChI is InChI=1S/C14H17N3O2/c1-18-12-6-4-10(5-7-12)13-16-14(19-17-13)11-3-2-8-15-9-11/h4-7,11,15H,2-3,8-9H2,1H3. The predicted octanol–water partition coefficient (Wildman–Crippen LogP) is 2.21. The number of benzene rings is 1. The number of ether oxygens (including phenoxy) is 1. The maximum Gasteiger partial charge on any atom is 0.231 e. The normalized spacial score (nSPS) is 19.3. The van der Waals surface area contributed by atoms with Gasteiger partial charge in [-0.2, -0.15) is 4.98 Å². The lowest BCUT2D eigenvalue weighted by atomic mass is 10.00. The van der Waals surface area contributed by atoms with Crippen molar-refractivity contribution >= 4 is 0 Å². The summed E-state index contributed by atoms with van der Waals surface area (Å²) in [5.41, 5.74) is 0.944. The van der Waals surface area contributed by atoms with Gasteiger partial charge in [-0.1, -0.05) is 5.16 Å². The Hall–Kier alpha value is -1.88. The van der Waals surface area contributed by atoms with Crippen LogP contribution in [-0.2, 0) is 0 Å². The summed E-state index contributed by atoms with van der Waals surface area (Å²) in [6.45, 7) is 2.00. The van der Waals surface area contributed by atoms with Crippen LogP contribution in [0, 0.1) is 0 Å². The molecular weight excluding hydrogens is 242 g/mol. The van der Waals surface area contributed by atoms with Crippen LogP contribution in [0.1, 0.15) is 24.7 Å². The summed E-state index contributed by atoms with van der Waals surface area (Å²) in [6.07, 6.45) is 2.27. The second-order valence-corrected chi connectivity index (χ2v) is 4.73. The fourth-order valence-electron chi connectivity index (χ4n) is 2.32. The molecule has 1 unspecified atom stereocenters. The molecule has 1 N–H and O–H groups in total. The summed E-state index contributed by atoms with van der Waals surface area (Å²) in [4.78, 5) is 4.50. The SMILES string of the molecule is COc1ccc(-c2noc(C3CCCNC3)n2)cc1. The average molecular weight is 259 g/mol. The Morgan fingerprint density at radius 1 is 1.32 bits per heavy atom. The van der Waals surface area contributed by atoms with Gasteiger partial charge in [0.05, 0.1) is 13.0 Å². The summed E-state index contributed by atoms with van der Waals surface area (Å²) in [7, 11) is 1.65. The molecule has 0 aliphatic carbocycles. The van der Waals surface area contributed by atoms with E-state index in [1.54, 1.807) is 7.11 Å². The highest BCUT2D eigenvalue weighted by atomic mass is 16.5. The molecule has 5 nitrogen and oxygen atoms in total. The Kier molecular flexibility index (Phi) is 3.46. The summed E-state index contributed by atoms with van der Waals surface area (Å²) in [5, 5.41) is 7.42. The highest BCUT2D eigenvalue weighted by Crippen LogP contribution is 2.25. The van der Waals surface area contributed by atoms with Crippen molar-refractivity contribution in [1.82, 2.24) is 15.5 Å². The molecule has 100 valence electrons. The predicted molar refractivity (Wildman–Crippen MR) is 71.1 cm³/mol. The molecule has 0 amide bonds. The first kappa shape index (κ1) is 12.2. The van der Waals surface area contributed by atoms with Gasteiger partial charge in [-0.25, -0.2) is 0 Å². The molecular formula is C14H17N3O2. The third kappa shape index (κ3) is 2.61. The molecule has 1 aliphatic rings. The zero-order valence-electron chi connectivity index (χ0n) is 10.9. The summed E-state index contributed by atoms with van der Waals surface area (Å²) in [6, 6.07) is 7.67. The molecule has 1 aromatic carbocycles. The van der Waals surface area contributed by atoms with Gasteiger partial charge in [-0.15, -0.1) is 0 Å². The van der Waals surface area contributed by atoms with E-state index in [9.17, 15) is 0 Å². The van der Waals surface area contributed by atoms with Gasteiger partial charge in [0.1, 0.15) is 5.75 Å². The highest BCUT2D eigenvalue weighted by Gasteiger charge is 2.21. The van der Waals surface area contributed by atoms with Gasteiger partial charge in [0.25, 0.3) is 0 Å². The molecule has 1 aromatic heterocycles. The van der Waals surface area contributed by atoms with Crippen LogP contribution in [0.3, 0.4) is 0 Å². The minimum atomic E-state index is 0.341. The van der Waals surface area contributed by atoms with Gasteiger partial charge in [-0.3, -0.25) is 0 Å². The fraction of sp³-hybridized carbons (Fsp3) is 0.429. The summed E-state index contributed by atoms with van der Waals surface area (Å²) < 4.78 is 10.5. The topological polar surface area (TPSA) is 60.2 Å². The number of hydrogen-bond donors (Lipinski definition) is 1. The van der Waals surface area contributed by atoms with E-state index in [1.165, 1.54) is 0 Å². The fourth-order valence-corrected chi connectivity index (χ4v) is 2.32. The first-order chi connectivity index (χ1) is 9.36. The number of nitrogens with one attached hydrogen (secondary N) is 1. The van der Waals surface area contributed by atoms with Crippen molar-refractivity contribution < 1.29 is 9.26 Å². The summed E-state index contributed by atoms with van der Waals surface area (Å²) in [5.74, 6) is 2.54. The molecule has 3 rings (SSSR count). The lowest BCUT2D eigenvalue weighted by Gasteiger charge is -2.18. The largest absolute Gasteiger partial charge is 0.497 e. The van der Waals surface area contributed by atoms with Crippen LogP contribution >= 0.6 is 0 Å². The van der Waals surface area contributed by atoms with Gasteiger partial charge in [0.15, 0.2) is 0 Å². The maximum atomic E-state index is 5.38. The number of piperidine rings is 1. The van der Waals surface area contributed by atoms with E-state index < -0.39 is 0 Å². The number of methoxy groups -OCH3 is 1. The van der Waals surface area contributed by atoms with Crippen molar-refractivity contribution in [2.75, 3.05) is 20.2 Å². The lowest BCUT2D eigenvalue weighted by molar-refractivity contribution is 0.322. The monoisotopic (exact) mass is 259 g/mol. The molecule has 0 spiro atoms. The van der Waals surface area contributed by atoms with Gasteiger partial charge in [0, 0.05) is 12.1 Å². The van der Waals surface area contributed by atoms with Crippen LogP contribution in [0.4, 0.5) is 0 Å². The minimum Gasteiger partial charge on any atom is -0.497 e. The lowest BCUT2D eigenvalue weighted by Crippen LogP contribution is -2.28. The Balaban J connectivity index is 1.79. The second kappa shape index (κ2) is 5.40. The molecule has 0 saturated carbocycles. The van der Waals surface area contributed by atoms with E-state index >= 15 is 0 Å². The smallest absolute Gasteiger partial charge is 0.231 e. The average Bonchev–Trinajstić information content (AvgIpc) is 2.98. The molecule has 1 fully saturated rings. The molecule has 2 aromatic rings. The van der Waals surface area contributed by atoms with Crippen LogP contribution in [0.5, 0.6) is 5.75 Å². The van der Waals surface area contributed by atoms with E-state index in [4.69, 9.17) is 9.26 Å². The number of hydrogen-bond acceptors (Lipinski definition) is 5. The molecule has 0 radical (unpaired) electrons. The van der Waals surface area contributed by atoms with Gasteiger partial charge in [-0.05, 0) is 43.7 Å². The Morgan fingerprint density at radius 3 is 2.84 bits per heavy atom. The molecule has 1 saturated heterocycles. The van der Waals surface area contributed by atoms with Crippen molar-refractivity contribution in [3.63, 3.8) is 0 Å². The molecule has 1 aliphatic heterocycles. The van der Waals surface area contributed by atoms with E-state index in [0.717, 1.165) is 43.1 Å². The van der Waals surface area contributed by atoms with Crippen molar-refractivity contribution in [2.45, 2.75) is 18.8 Å². The van der Waals surface area contributed by atoms with Crippen molar-refractivity contribution in [2.24, 2.45) is 0 Å². The molecule has 2 heterocycles. The Bertz CT molecular complexity index is 530. The van der Waals surface area contributed by atoms with E-state index in [-0.39, 0.29) is 0 Å². The Morgan fingerprint density at radius 2 is 2.16 bits per heavy atom. The molecule has 19 heavy (non-hydrogen) atoms. The summed E-state index contributed by atoms with van der Waals surface area (Å²) >= 11 is 0. The van der Waals surface area contributed by atoms with Crippen molar-refractivity contribution in [3.05, 3.63) is 30.2 Å². The van der Waals surface area contributed by atoms with Crippen LogP contribution < -0.4 is 10.1 Å². The third-order valence-electron chi connectivity index (χ3n) is 3.44. The van der Waals surface area contributed by atoms with Crippen LogP contribution in [0.15, 0.2) is 28.8 Å². The van der Waals surface area contributed by atoms with Gasteiger partial charge >= 0.3 is 0 Å². The number of nitrogens with zero attached hydrogens (tertiary/aromatic N) is 2.